The van der Waals surface area contributed by atoms with Crippen LogP contribution in [0.5, 0.6) is 0 Å². The number of nitrogens with one attached hydrogen (secondary N) is 2. The molecule has 0 saturated heterocycles. The molecule has 124 valence electrons. The van der Waals surface area contributed by atoms with Gasteiger partial charge in [0.25, 0.3) is 0 Å². The first-order valence-electron chi connectivity index (χ1n) is 7.61. The molecular formula is C16H18N6O2. The van der Waals surface area contributed by atoms with Crippen molar-refractivity contribution in [1.29, 1.82) is 0 Å². The van der Waals surface area contributed by atoms with Gasteiger partial charge >= 0.3 is 6.03 Å². The predicted molar refractivity (Wildman–Crippen MR) is 88.2 cm³/mol. The molecular weight excluding hydrogens is 308 g/mol. The number of benzene rings is 1. The molecule has 2 aromatic heterocycles. The molecule has 2 amide bonds. The van der Waals surface area contributed by atoms with Crippen LogP contribution < -0.4 is 10.6 Å². The van der Waals surface area contributed by atoms with Crippen molar-refractivity contribution in [2.75, 3.05) is 5.32 Å². The molecule has 2 N–H and O–H groups in total. The van der Waals surface area contributed by atoms with E-state index in [-0.39, 0.29) is 6.03 Å². The van der Waals surface area contributed by atoms with Gasteiger partial charge in [-0.3, -0.25) is 0 Å². The third-order valence-corrected chi connectivity index (χ3v) is 3.42. The van der Waals surface area contributed by atoms with Crippen LogP contribution in [0, 0.1) is 6.92 Å². The molecule has 2 heterocycles. The Morgan fingerprint density at radius 2 is 2.21 bits per heavy atom. The minimum Gasteiger partial charge on any atom is -0.441 e. The maximum Gasteiger partial charge on any atom is 0.319 e. The van der Waals surface area contributed by atoms with Crippen molar-refractivity contribution in [3.05, 3.63) is 48.1 Å². The molecule has 0 unspecified atom stereocenters. The van der Waals surface area contributed by atoms with Gasteiger partial charge in [0, 0.05) is 17.8 Å². The molecule has 24 heavy (non-hydrogen) atoms. The summed E-state index contributed by atoms with van der Waals surface area (Å²) in [4.78, 5) is 16.2. The third-order valence-electron chi connectivity index (χ3n) is 3.42. The standard InChI is InChI=1S/C16H18N6O2/c1-3-22-14(10-19-21-22)9-18-16(23)20-13-6-4-5-12(7-13)15-17-8-11(2)24-15/h4-8,10H,3,9H2,1-2H3,(H2,18,20,23). The maximum atomic E-state index is 12.0. The number of aromatic nitrogens is 4. The van der Waals surface area contributed by atoms with Crippen LogP contribution in [0.25, 0.3) is 11.5 Å². The van der Waals surface area contributed by atoms with Gasteiger partial charge in [-0.25, -0.2) is 14.5 Å². The molecule has 0 aliphatic carbocycles. The predicted octanol–water partition coefficient (Wildman–Crippen LogP) is 2.58. The SMILES string of the molecule is CCn1nncc1CNC(=O)Nc1cccc(-c2ncc(C)o2)c1. The van der Waals surface area contributed by atoms with Gasteiger partial charge in [-0.15, -0.1) is 5.10 Å². The van der Waals surface area contributed by atoms with Gasteiger partial charge in [0.1, 0.15) is 5.76 Å². The minimum atomic E-state index is -0.306. The van der Waals surface area contributed by atoms with Gasteiger partial charge in [0.15, 0.2) is 0 Å². The van der Waals surface area contributed by atoms with Crippen LogP contribution in [0.1, 0.15) is 18.4 Å². The second kappa shape index (κ2) is 6.95. The summed E-state index contributed by atoms with van der Waals surface area (Å²) >= 11 is 0. The Morgan fingerprint density at radius 1 is 1.33 bits per heavy atom. The molecule has 1 aromatic carbocycles. The molecule has 0 bridgehead atoms. The largest absolute Gasteiger partial charge is 0.441 e. The topological polar surface area (TPSA) is 97.9 Å². The number of aryl methyl sites for hydroxylation is 2. The van der Waals surface area contributed by atoms with E-state index in [4.69, 9.17) is 4.42 Å². The highest BCUT2D eigenvalue weighted by Crippen LogP contribution is 2.22. The van der Waals surface area contributed by atoms with E-state index in [0.717, 1.165) is 17.0 Å². The van der Waals surface area contributed by atoms with Crippen LogP contribution in [0.4, 0.5) is 10.5 Å². The smallest absolute Gasteiger partial charge is 0.319 e. The van der Waals surface area contributed by atoms with Gasteiger partial charge < -0.3 is 15.1 Å². The van der Waals surface area contributed by atoms with E-state index < -0.39 is 0 Å². The Bertz CT molecular complexity index is 838. The summed E-state index contributed by atoms with van der Waals surface area (Å²) in [6.45, 7) is 4.86. The summed E-state index contributed by atoms with van der Waals surface area (Å²) in [5.74, 6) is 1.26. The highest BCUT2D eigenvalue weighted by molar-refractivity contribution is 5.89. The summed E-state index contributed by atoms with van der Waals surface area (Å²) in [6, 6.07) is 7.01. The summed E-state index contributed by atoms with van der Waals surface area (Å²) in [6.07, 6.45) is 3.29. The van der Waals surface area contributed by atoms with Crippen molar-refractivity contribution in [1.82, 2.24) is 25.3 Å². The molecule has 3 rings (SSSR count). The zero-order valence-corrected chi connectivity index (χ0v) is 13.5. The van der Waals surface area contributed by atoms with Crippen molar-refractivity contribution < 1.29 is 9.21 Å². The molecule has 3 aromatic rings. The van der Waals surface area contributed by atoms with Crippen LogP contribution in [0.3, 0.4) is 0 Å². The van der Waals surface area contributed by atoms with Crippen molar-refractivity contribution in [2.45, 2.75) is 26.9 Å². The number of hydrogen-bond acceptors (Lipinski definition) is 5. The normalized spacial score (nSPS) is 10.6. The monoisotopic (exact) mass is 326 g/mol. The number of anilines is 1. The first-order chi connectivity index (χ1) is 11.7. The maximum absolute atomic E-state index is 12.0. The van der Waals surface area contributed by atoms with Crippen molar-refractivity contribution in [2.24, 2.45) is 0 Å². The van der Waals surface area contributed by atoms with Gasteiger partial charge in [-0.1, -0.05) is 11.3 Å². The molecule has 0 radical (unpaired) electrons. The highest BCUT2D eigenvalue weighted by atomic mass is 16.4. The molecule has 0 fully saturated rings. The lowest BCUT2D eigenvalue weighted by molar-refractivity contribution is 0.251. The Hall–Kier alpha value is -3.16. The minimum absolute atomic E-state index is 0.306. The van der Waals surface area contributed by atoms with Crippen LogP contribution >= 0.6 is 0 Å². The number of oxazole rings is 1. The molecule has 0 spiro atoms. The summed E-state index contributed by atoms with van der Waals surface area (Å²) < 4.78 is 7.22. The number of carbonyl (C=O) groups is 1. The summed E-state index contributed by atoms with van der Waals surface area (Å²) in [5.41, 5.74) is 2.30. The van der Waals surface area contributed by atoms with Gasteiger partial charge in [0.05, 0.1) is 24.6 Å². The van der Waals surface area contributed by atoms with Crippen LogP contribution in [0.2, 0.25) is 0 Å². The number of nitrogens with zero attached hydrogens (tertiary/aromatic N) is 4. The molecule has 0 aliphatic rings. The van der Waals surface area contributed by atoms with Gasteiger partial charge in [0.2, 0.25) is 5.89 Å². The molecule has 0 saturated carbocycles. The Morgan fingerprint density at radius 3 is 2.96 bits per heavy atom. The summed E-state index contributed by atoms with van der Waals surface area (Å²) in [5, 5.41) is 13.3. The molecule has 0 aliphatic heterocycles. The Kier molecular flexibility index (Phi) is 4.55. The quantitative estimate of drug-likeness (QED) is 0.751. The average Bonchev–Trinajstić information content (AvgIpc) is 3.21. The summed E-state index contributed by atoms with van der Waals surface area (Å²) in [7, 11) is 0. The fraction of sp³-hybridized carbons (Fsp3) is 0.250. The average molecular weight is 326 g/mol. The third kappa shape index (κ3) is 3.60. The van der Waals surface area contributed by atoms with E-state index >= 15 is 0 Å². The number of urea groups is 1. The number of rotatable bonds is 5. The van der Waals surface area contributed by atoms with Crippen LogP contribution in [0.15, 0.2) is 41.1 Å². The fourth-order valence-electron chi connectivity index (χ4n) is 2.25. The Labute approximate surface area is 138 Å². The molecule has 8 heteroatoms. The first-order valence-corrected chi connectivity index (χ1v) is 7.61. The van der Waals surface area contributed by atoms with E-state index in [2.05, 4.69) is 25.9 Å². The second-order valence-electron chi connectivity index (χ2n) is 5.21. The number of hydrogen-bond donors (Lipinski definition) is 2. The van der Waals surface area contributed by atoms with Crippen molar-refractivity contribution in [3.8, 4) is 11.5 Å². The van der Waals surface area contributed by atoms with Crippen molar-refractivity contribution >= 4 is 11.7 Å². The number of amides is 2. The van der Waals surface area contributed by atoms with E-state index in [1.807, 2.05) is 32.0 Å². The van der Waals surface area contributed by atoms with Gasteiger partial charge in [-0.2, -0.15) is 0 Å². The fourth-order valence-corrected chi connectivity index (χ4v) is 2.25. The lowest BCUT2D eigenvalue weighted by atomic mass is 10.2. The zero-order chi connectivity index (χ0) is 16.9. The van der Waals surface area contributed by atoms with E-state index in [1.54, 1.807) is 23.1 Å². The highest BCUT2D eigenvalue weighted by Gasteiger charge is 2.08. The molecule has 0 atom stereocenters. The van der Waals surface area contributed by atoms with E-state index in [9.17, 15) is 4.79 Å². The van der Waals surface area contributed by atoms with E-state index in [0.29, 0.717) is 24.7 Å². The lowest BCUT2D eigenvalue weighted by Gasteiger charge is -2.08. The van der Waals surface area contributed by atoms with Crippen molar-refractivity contribution in [3.63, 3.8) is 0 Å². The Balaban J connectivity index is 1.62. The molecule has 8 nitrogen and oxygen atoms in total. The zero-order valence-electron chi connectivity index (χ0n) is 13.5. The van der Waals surface area contributed by atoms with Crippen LogP contribution in [-0.4, -0.2) is 26.0 Å². The number of carbonyl (C=O) groups excluding carboxylic acids is 1. The van der Waals surface area contributed by atoms with E-state index in [1.165, 1.54) is 0 Å². The first kappa shape index (κ1) is 15.7. The lowest BCUT2D eigenvalue weighted by Crippen LogP contribution is -2.29. The van der Waals surface area contributed by atoms with Crippen LogP contribution in [-0.2, 0) is 13.1 Å². The van der Waals surface area contributed by atoms with Gasteiger partial charge in [-0.05, 0) is 32.0 Å². The second-order valence-corrected chi connectivity index (χ2v) is 5.21.